The second-order valence-electron chi connectivity index (χ2n) is 6.01. The monoisotopic (exact) mass is 401 g/mol. The van der Waals surface area contributed by atoms with Crippen molar-refractivity contribution >= 4 is 48.5 Å². The zero-order valence-electron chi connectivity index (χ0n) is 14.9. The van der Waals surface area contributed by atoms with Gasteiger partial charge in [0.15, 0.2) is 0 Å². The smallest absolute Gasteiger partial charge is 0.0547 e. The van der Waals surface area contributed by atoms with Crippen LogP contribution < -0.4 is 0 Å². The summed E-state index contributed by atoms with van der Waals surface area (Å²) in [4.78, 5) is 0. The number of nitrogens with zero attached hydrogens (tertiary/aromatic N) is 1. The van der Waals surface area contributed by atoms with Crippen molar-refractivity contribution < 1.29 is 0 Å². The topological polar surface area (TPSA) is 4.93 Å². The summed E-state index contributed by atoms with van der Waals surface area (Å²) in [5.41, 5.74) is 3.67. The first-order valence-electron chi connectivity index (χ1n) is 9.00. The molecule has 1 nitrogen and oxygen atoms in total. The van der Waals surface area contributed by atoms with Gasteiger partial charge in [-0.3, -0.25) is 0 Å². The van der Waals surface area contributed by atoms with E-state index in [9.17, 15) is 0 Å². The van der Waals surface area contributed by atoms with E-state index in [0.29, 0.717) is 0 Å². The minimum absolute atomic E-state index is 1.11. The van der Waals surface area contributed by atoms with Gasteiger partial charge in [0.25, 0.3) is 0 Å². The van der Waals surface area contributed by atoms with Crippen LogP contribution in [-0.4, -0.2) is 4.57 Å². The average molecular weight is 402 g/mol. The Balaban J connectivity index is 0.000000814. The Bertz CT molecular complexity index is 1200. The minimum Gasteiger partial charge on any atom is -0.309 e. The van der Waals surface area contributed by atoms with E-state index < -0.39 is 0 Å². The van der Waals surface area contributed by atoms with Crippen molar-refractivity contribution in [1.82, 2.24) is 4.57 Å². The van der Waals surface area contributed by atoms with Gasteiger partial charge in [0.05, 0.1) is 11.0 Å². The molecule has 0 fully saturated rings. The molecule has 0 aliphatic carbocycles. The number of benzene rings is 4. The lowest BCUT2D eigenvalue weighted by Crippen LogP contribution is -1.92. The number of hydrogen-bond donors (Lipinski definition) is 0. The van der Waals surface area contributed by atoms with E-state index in [1.54, 1.807) is 0 Å². The lowest BCUT2D eigenvalue weighted by molar-refractivity contribution is 1.18. The summed E-state index contributed by atoms with van der Waals surface area (Å²) < 4.78 is 3.46. The van der Waals surface area contributed by atoms with Gasteiger partial charge in [0.1, 0.15) is 0 Å². The minimum atomic E-state index is 1.11. The molecule has 0 aliphatic rings. The van der Waals surface area contributed by atoms with E-state index in [0.717, 1.165) is 4.47 Å². The highest BCUT2D eigenvalue weighted by Gasteiger charge is 2.14. The Kier molecular flexibility index (Phi) is 4.52. The van der Waals surface area contributed by atoms with Crippen LogP contribution in [0.4, 0.5) is 0 Å². The molecule has 0 spiro atoms. The molecule has 5 rings (SSSR count). The molecule has 0 aliphatic heterocycles. The first kappa shape index (κ1) is 16.9. The quantitative estimate of drug-likeness (QED) is 0.270. The van der Waals surface area contributed by atoms with Crippen molar-refractivity contribution in [2.75, 3.05) is 0 Å². The third-order valence-corrected chi connectivity index (χ3v) is 5.12. The Labute approximate surface area is 162 Å². The molecule has 0 saturated heterocycles. The number of aromatic nitrogens is 1. The van der Waals surface area contributed by atoms with Crippen LogP contribution in [-0.2, 0) is 0 Å². The molecule has 0 radical (unpaired) electrons. The maximum Gasteiger partial charge on any atom is 0.0547 e. The molecule has 4 aromatic carbocycles. The van der Waals surface area contributed by atoms with Gasteiger partial charge in [-0.1, -0.05) is 78.3 Å². The van der Waals surface area contributed by atoms with Crippen LogP contribution in [0.3, 0.4) is 0 Å². The van der Waals surface area contributed by atoms with E-state index in [1.165, 1.54) is 38.3 Å². The second kappa shape index (κ2) is 6.97. The summed E-state index contributed by atoms with van der Waals surface area (Å²) in [5, 5.41) is 5.16. The predicted molar refractivity (Wildman–Crippen MR) is 117 cm³/mol. The van der Waals surface area contributed by atoms with Crippen molar-refractivity contribution in [3.63, 3.8) is 0 Å². The molecule has 2 heteroatoms. The molecule has 0 unspecified atom stereocenters. The summed E-state index contributed by atoms with van der Waals surface area (Å²) in [6, 6.07) is 30.2. The van der Waals surface area contributed by atoms with Crippen molar-refractivity contribution in [2.45, 2.75) is 13.8 Å². The predicted octanol–water partition coefficient (Wildman–Crippen LogP) is 7.73. The van der Waals surface area contributed by atoms with E-state index in [4.69, 9.17) is 0 Å². The highest BCUT2D eigenvalue weighted by Crippen LogP contribution is 2.37. The van der Waals surface area contributed by atoms with Crippen molar-refractivity contribution in [2.24, 2.45) is 0 Å². The van der Waals surface area contributed by atoms with Crippen LogP contribution in [0.5, 0.6) is 0 Å². The molecule has 0 bridgehead atoms. The fraction of sp³-hybridized carbons (Fsp3) is 0.0833. The van der Waals surface area contributed by atoms with Crippen LogP contribution >= 0.6 is 15.9 Å². The highest BCUT2D eigenvalue weighted by atomic mass is 79.9. The molecule has 5 aromatic rings. The molecule has 0 atom stereocenters. The standard InChI is InChI=1S/C22H14BrN.C2H6/c23-16-11-13-20-19(14-16)22-18-9-5-4-6-15(18)10-12-21(22)24(20)17-7-2-1-3-8-17;1-2/h1-14H;1-2H3. The molecule has 128 valence electrons. The van der Waals surface area contributed by atoms with Gasteiger partial charge in [0.2, 0.25) is 0 Å². The van der Waals surface area contributed by atoms with Gasteiger partial charge in [-0.15, -0.1) is 0 Å². The van der Waals surface area contributed by atoms with Crippen LogP contribution in [0.2, 0.25) is 0 Å². The fourth-order valence-corrected chi connectivity index (χ4v) is 3.98. The molecule has 0 saturated carbocycles. The Morgan fingerprint density at radius 1 is 0.654 bits per heavy atom. The first-order chi connectivity index (χ1) is 12.8. The lowest BCUT2D eigenvalue weighted by atomic mass is 10.0. The third-order valence-electron chi connectivity index (χ3n) is 4.63. The largest absolute Gasteiger partial charge is 0.309 e. The number of halogens is 1. The summed E-state index contributed by atoms with van der Waals surface area (Å²) in [6.45, 7) is 4.00. The summed E-state index contributed by atoms with van der Waals surface area (Å²) >= 11 is 3.64. The molecule has 0 N–H and O–H groups in total. The first-order valence-corrected chi connectivity index (χ1v) is 9.79. The van der Waals surface area contributed by atoms with E-state index in [2.05, 4.69) is 105 Å². The van der Waals surface area contributed by atoms with Gasteiger partial charge in [0, 0.05) is 20.9 Å². The highest BCUT2D eigenvalue weighted by molar-refractivity contribution is 9.10. The SMILES string of the molecule is Brc1ccc2c(c1)c1c3ccccc3ccc1n2-c1ccccc1.CC. The van der Waals surface area contributed by atoms with Crippen LogP contribution in [0.1, 0.15) is 13.8 Å². The van der Waals surface area contributed by atoms with Crippen molar-refractivity contribution in [3.05, 3.63) is 89.4 Å². The van der Waals surface area contributed by atoms with Crippen LogP contribution in [0.25, 0.3) is 38.3 Å². The van der Waals surface area contributed by atoms with Crippen molar-refractivity contribution in [3.8, 4) is 5.69 Å². The van der Waals surface area contributed by atoms with Gasteiger partial charge in [-0.25, -0.2) is 0 Å². The molecule has 26 heavy (non-hydrogen) atoms. The van der Waals surface area contributed by atoms with Gasteiger partial charge < -0.3 is 4.57 Å². The summed E-state index contributed by atoms with van der Waals surface area (Å²) in [6.07, 6.45) is 0. The molecule has 1 aromatic heterocycles. The van der Waals surface area contributed by atoms with Gasteiger partial charge >= 0.3 is 0 Å². The molecule has 0 amide bonds. The number of rotatable bonds is 1. The number of hydrogen-bond acceptors (Lipinski definition) is 0. The zero-order valence-corrected chi connectivity index (χ0v) is 16.5. The maximum atomic E-state index is 3.64. The van der Waals surface area contributed by atoms with E-state index >= 15 is 0 Å². The van der Waals surface area contributed by atoms with E-state index in [-0.39, 0.29) is 0 Å². The van der Waals surface area contributed by atoms with Gasteiger partial charge in [-0.05, 0) is 47.2 Å². The third kappa shape index (κ3) is 2.62. The lowest BCUT2D eigenvalue weighted by Gasteiger charge is -2.07. The number of para-hydroxylation sites is 1. The Morgan fingerprint density at radius 3 is 2.15 bits per heavy atom. The fourth-order valence-electron chi connectivity index (χ4n) is 3.62. The maximum absolute atomic E-state index is 3.64. The normalized spacial score (nSPS) is 10.9. The van der Waals surface area contributed by atoms with Gasteiger partial charge in [-0.2, -0.15) is 0 Å². The van der Waals surface area contributed by atoms with Crippen LogP contribution in [0, 0.1) is 0 Å². The average Bonchev–Trinajstić information content (AvgIpc) is 3.04. The number of fused-ring (bicyclic) bond motifs is 5. The second-order valence-corrected chi connectivity index (χ2v) is 6.93. The van der Waals surface area contributed by atoms with Crippen molar-refractivity contribution in [1.29, 1.82) is 0 Å². The Morgan fingerprint density at radius 2 is 1.35 bits per heavy atom. The molecular formula is C24H20BrN. The summed E-state index contributed by atoms with van der Waals surface area (Å²) in [7, 11) is 0. The summed E-state index contributed by atoms with van der Waals surface area (Å²) in [5.74, 6) is 0. The zero-order chi connectivity index (χ0) is 18.1. The Hall–Kier alpha value is -2.58. The molecule has 1 heterocycles. The van der Waals surface area contributed by atoms with E-state index in [1.807, 2.05) is 13.8 Å². The molecular weight excluding hydrogens is 382 g/mol. The van der Waals surface area contributed by atoms with Crippen LogP contribution in [0.15, 0.2) is 89.4 Å².